The zero-order chi connectivity index (χ0) is 19.8. The molecule has 3 rings (SSSR count). The largest absolute Gasteiger partial charge is 0.338 e. The van der Waals surface area contributed by atoms with Crippen LogP contribution in [-0.4, -0.2) is 50.8 Å². The number of benzene rings is 1. The van der Waals surface area contributed by atoms with Crippen molar-refractivity contribution in [2.24, 2.45) is 22.7 Å². The lowest BCUT2D eigenvalue weighted by molar-refractivity contribution is -0.140. The summed E-state index contributed by atoms with van der Waals surface area (Å²) < 4.78 is 23.1. The van der Waals surface area contributed by atoms with Gasteiger partial charge >= 0.3 is 0 Å². The lowest BCUT2D eigenvalue weighted by Gasteiger charge is -2.40. The van der Waals surface area contributed by atoms with Crippen LogP contribution < -0.4 is 15.8 Å². The van der Waals surface area contributed by atoms with Gasteiger partial charge < -0.3 is 15.5 Å². The Morgan fingerprint density at radius 2 is 2.07 bits per heavy atom. The van der Waals surface area contributed by atoms with E-state index < -0.39 is 15.9 Å². The second-order valence-electron chi connectivity index (χ2n) is 7.40. The third kappa shape index (κ3) is 3.99. The Morgan fingerprint density at radius 3 is 2.74 bits per heavy atom. The van der Waals surface area contributed by atoms with Gasteiger partial charge in [0.05, 0.1) is 10.8 Å². The molecule has 148 valence electrons. The number of hydrogen-bond acceptors (Lipinski definition) is 5. The molecule has 0 aliphatic carbocycles. The van der Waals surface area contributed by atoms with E-state index in [9.17, 15) is 18.0 Å². The zero-order valence-corrected chi connectivity index (χ0v) is 16.2. The second-order valence-corrected chi connectivity index (χ2v) is 8.96. The van der Waals surface area contributed by atoms with Gasteiger partial charge in [-0.25, -0.2) is 13.6 Å². The molecule has 1 aromatic rings. The molecule has 2 heterocycles. The van der Waals surface area contributed by atoms with E-state index >= 15 is 0 Å². The van der Waals surface area contributed by atoms with E-state index in [0.717, 1.165) is 12.8 Å². The number of piperidine rings is 1. The van der Waals surface area contributed by atoms with E-state index in [0.29, 0.717) is 24.7 Å². The van der Waals surface area contributed by atoms with Crippen molar-refractivity contribution in [2.75, 3.05) is 24.5 Å². The predicted octanol–water partition coefficient (Wildman–Crippen LogP) is 0.273. The smallest absolute Gasteiger partial charge is 0.238 e. The van der Waals surface area contributed by atoms with Gasteiger partial charge in [-0.05, 0) is 37.0 Å². The van der Waals surface area contributed by atoms with Crippen molar-refractivity contribution >= 4 is 27.5 Å². The molecule has 0 saturated carbocycles. The molecule has 27 heavy (non-hydrogen) atoms. The van der Waals surface area contributed by atoms with Crippen LogP contribution in [0.1, 0.15) is 26.2 Å². The molecule has 2 aliphatic rings. The van der Waals surface area contributed by atoms with Gasteiger partial charge in [-0.3, -0.25) is 9.59 Å². The minimum atomic E-state index is -3.86. The molecular weight excluding hydrogens is 368 g/mol. The van der Waals surface area contributed by atoms with Crippen LogP contribution in [0.4, 0.5) is 5.69 Å². The molecule has 0 unspecified atom stereocenters. The van der Waals surface area contributed by atoms with E-state index in [1.807, 2.05) is 4.90 Å². The van der Waals surface area contributed by atoms with E-state index in [2.05, 4.69) is 6.92 Å². The highest BCUT2D eigenvalue weighted by Crippen LogP contribution is 2.30. The van der Waals surface area contributed by atoms with Gasteiger partial charge in [0.25, 0.3) is 0 Å². The maximum absolute atomic E-state index is 13.0. The molecule has 0 bridgehead atoms. The number of nitrogens with zero attached hydrogens (tertiary/aromatic N) is 2. The number of primary sulfonamides is 1. The number of likely N-dealkylation sites (tertiary alicyclic amines) is 1. The molecule has 0 spiro atoms. The van der Waals surface area contributed by atoms with Crippen molar-refractivity contribution in [3.63, 3.8) is 0 Å². The summed E-state index contributed by atoms with van der Waals surface area (Å²) in [5, 5.41) is 5.17. The van der Waals surface area contributed by atoms with Crippen molar-refractivity contribution in [1.82, 2.24) is 4.90 Å². The third-order valence-corrected chi connectivity index (χ3v) is 6.48. The first-order valence-corrected chi connectivity index (χ1v) is 10.7. The van der Waals surface area contributed by atoms with Crippen molar-refractivity contribution in [1.29, 1.82) is 0 Å². The summed E-state index contributed by atoms with van der Waals surface area (Å²) in [4.78, 5) is 28.8. The van der Waals surface area contributed by atoms with Gasteiger partial charge in [-0.15, -0.1) is 0 Å². The molecule has 2 saturated heterocycles. The quantitative estimate of drug-likeness (QED) is 0.758. The Kier molecular flexibility index (Phi) is 5.55. The van der Waals surface area contributed by atoms with Crippen molar-refractivity contribution in [2.45, 2.75) is 37.1 Å². The highest BCUT2D eigenvalue weighted by atomic mass is 32.2. The van der Waals surface area contributed by atoms with E-state index in [-0.39, 0.29) is 35.7 Å². The molecule has 0 aromatic heterocycles. The first-order valence-electron chi connectivity index (χ1n) is 9.16. The van der Waals surface area contributed by atoms with Gasteiger partial charge in [0.1, 0.15) is 0 Å². The average Bonchev–Trinajstić information content (AvgIpc) is 3.02. The van der Waals surface area contributed by atoms with Crippen LogP contribution in [0.5, 0.6) is 0 Å². The monoisotopic (exact) mass is 394 g/mol. The van der Waals surface area contributed by atoms with E-state index in [4.69, 9.17) is 10.9 Å². The van der Waals surface area contributed by atoms with Gasteiger partial charge in [-0.1, -0.05) is 13.0 Å². The first kappa shape index (κ1) is 19.8. The fourth-order valence-corrected chi connectivity index (χ4v) is 4.62. The normalized spacial score (nSPS) is 26.5. The molecule has 4 N–H and O–H groups in total. The van der Waals surface area contributed by atoms with Crippen LogP contribution in [0.2, 0.25) is 0 Å². The Bertz CT molecular complexity index is 842. The van der Waals surface area contributed by atoms with Crippen LogP contribution >= 0.6 is 0 Å². The van der Waals surface area contributed by atoms with Crippen molar-refractivity contribution in [3.05, 3.63) is 24.3 Å². The number of anilines is 1. The SMILES string of the molecule is C[C@@H]1CCCN(C(=O)[C@@H]2CC(=O)N(c3cccc(S(N)(=O)=O)c3)C2)[C@@H]1CN. The fraction of sp³-hybridized carbons (Fsp3) is 0.556. The summed E-state index contributed by atoms with van der Waals surface area (Å²) in [5.74, 6) is -0.355. The molecule has 2 fully saturated rings. The lowest BCUT2D eigenvalue weighted by Crippen LogP contribution is -2.53. The zero-order valence-electron chi connectivity index (χ0n) is 15.4. The maximum atomic E-state index is 13.0. The molecule has 2 aliphatic heterocycles. The molecule has 2 amide bonds. The molecule has 8 nitrogen and oxygen atoms in total. The van der Waals surface area contributed by atoms with Crippen molar-refractivity contribution < 1.29 is 18.0 Å². The van der Waals surface area contributed by atoms with Gasteiger partial charge in [0.15, 0.2) is 0 Å². The predicted molar refractivity (Wildman–Crippen MR) is 101 cm³/mol. The summed E-state index contributed by atoms with van der Waals surface area (Å²) in [6, 6.07) is 5.93. The Hall–Kier alpha value is -1.97. The van der Waals surface area contributed by atoms with Crippen LogP contribution in [0.3, 0.4) is 0 Å². The number of hydrogen-bond donors (Lipinski definition) is 2. The molecular formula is C18H26N4O4S. The Labute approximate surface area is 159 Å². The van der Waals surface area contributed by atoms with Crippen LogP contribution in [-0.2, 0) is 19.6 Å². The molecule has 0 radical (unpaired) electrons. The summed E-state index contributed by atoms with van der Waals surface area (Å²) in [5.41, 5.74) is 6.32. The van der Waals surface area contributed by atoms with Crippen LogP contribution in [0.15, 0.2) is 29.2 Å². The minimum Gasteiger partial charge on any atom is -0.338 e. The third-order valence-electron chi connectivity index (χ3n) is 5.57. The van der Waals surface area contributed by atoms with Gasteiger partial charge in [0, 0.05) is 37.8 Å². The Morgan fingerprint density at radius 1 is 1.33 bits per heavy atom. The maximum Gasteiger partial charge on any atom is 0.238 e. The van der Waals surface area contributed by atoms with Crippen LogP contribution in [0.25, 0.3) is 0 Å². The number of carbonyl (C=O) groups excluding carboxylic acids is 2. The van der Waals surface area contributed by atoms with E-state index in [1.54, 1.807) is 6.07 Å². The van der Waals surface area contributed by atoms with Crippen molar-refractivity contribution in [3.8, 4) is 0 Å². The standard InChI is InChI=1S/C18H26N4O4S/c1-12-4-3-7-21(16(12)10-19)18(24)13-8-17(23)22(11-13)14-5-2-6-15(9-14)27(20,25)26/h2,5-6,9,12-13,16H,3-4,7-8,10-11,19H2,1H3,(H2,20,25,26)/t12-,13-,16-/m1/s1. The molecule has 9 heteroatoms. The number of amides is 2. The summed E-state index contributed by atoms with van der Waals surface area (Å²) in [6.07, 6.45) is 2.09. The lowest BCUT2D eigenvalue weighted by atomic mass is 9.89. The number of sulfonamides is 1. The van der Waals surface area contributed by atoms with Gasteiger partial charge in [-0.2, -0.15) is 0 Å². The van der Waals surface area contributed by atoms with Crippen LogP contribution in [0, 0.1) is 11.8 Å². The van der Waals surface area contributed by atoms with Gasteiger partial charge in [0.2, 0.25) is 21.8 Å². The minimum absolute atomic E-state index is 0.00103. The topological polar surface area (TPSA) is 127 Å². The summed E-state index contributed by atoms with van der Waals surface area (Å²) >= 11 is 0. The first-order chi connectivity index (χ1) is 12.7. The highest BCUT2D eigenvalue weighted by molar-refractivity contribution is 7.89. The highest BCUT2D eigenvalue weighted by Gasteiger charge is 2.40. The second kappa shape index (κ2) is 7.57. The Balaban J connectivity index is 1.78. The van der Waals surface area contributed by atoms with E-state index in [1.165, 1.54) is 23.1 Å². The molecule has 3 atom stereocenters. The number of rotatable bonds is 4. The number of carbonyl (C=O) groups is 2. The average molecular weight is 394 g/mol. The molecule has 1 aromatic carbocycles. The summed E-state index contributed by atoms with van der Waals surface area (Å²) in [6.45, 7) is 3.40. The fourth-order valence-electron chi connectivity index (χ4n) is 4.07. The summed E-state index contributed by atoms with van der Waals surface area (Å²) in [7, 11) is -3.86. The number of nitrogens with two attached hydrogens (primary N) is 2.